The largest absolute Gasteiger partial charge is 0.318 e. The smallest absolute Gasteiger partial charge is 0.0639 e. The molecular weight excluding hydrogens is 136 g/mol. The van der Waals surface area contributed by atoms with Crippen LogP contribution in [0.1, 0.15) is 12.5 Å². The maximum Gasteiger partial charge on any atom is 0.0639 e. The predicted octanol–water partition coefficient (Wildman–Crippen LogP) is 0.780. The normalized spacial score (nSPS) is 11.5. The SMILES string of the molecule is CC(N)C#Cc1cccnc1. The number of nitrogens with zero attached hydrogens (tertiary/aromatic N) is 1. The minimum atomic E-state index is -0.0739. The molecule has 0 aliphatic carbocycles. The van der Waals surface area contributed by atoms with Crippen molar-refractivity contribution in [2.45, 2.75) is 13.0 Å². The van der Waals surface area contributed by atoms with Crippen LogP contribution in [0, 0.1) is 11.8 Å². The average molecular weight is 146 g/mol. The second kappa shape index (κ2) is 3.75. The summed E-state index contributed by atoms with van der Waals surface area (Å²) in [5, 5.41) is 0. The monoisotopic (exact) mass is 146 g/mol. The highest BCUT2D eigenvalue weighted by molar-refractivity contribution is 5.32. The topological polar surface area (TPSA) is 38.9 Å². The lowest BCUT2D eigenvalue weighted by Gasteiger charge is -1.89. The lowest BCUT2D eigenvalue weighted by atomic mass is 10.2. The minimum absolute atomic E-state index is 0.0739. The molecule has 0 amide bonds. The summed E-state index contributed by atoms with van der Waals surface area (Å²) in [5.74, 6) is 5.76. The molecule has 0 aromatic carbocycles. The molecule has 1 atom stereocenters. The first-order chi connectivity index (χ1) is 5.29. The van der Waals surface area contributed by atoms with Gasteiger partial charge in [0.2, 0.25) is 0 Å². The molecule has 1 unspecified atom stereocenters. The summed E-state index contributed by atoms with van der Waals surface area (Å²) in [5.41, 5.74) is 6.35. The molecule has 56 valence electrons. The summed E-state index contributed by atoms with van der Waals surface area (Å²) in [6, 6.07) is 3.68. The van der Waals surface area contributed by atoms with Crippen molar-refractivity contribution in [1.82, 2.24) is 4.98 Å². The third kappa shape index (κ3) is 2.83. The van der Waals surface area contributed by atoms with Gasteiger partial charge in [0.15, 0.2) is 0 Å². The number of hydrogen-bond acceptors (Lipinski definition) is 2. The van der Waals surface area contributed by atoms with Crippen molar-refractivity contribution in [1.29, 1.82) is 0 Å². The minimum Gasteiger partial charge on any atom is -0.318 e. The first kappa shape index (κ1) is 7.77. The van der Waals surface area contributed by atoms with Gasteiger partial charge in [-0.2, -0.15) is 0 Å². The molecular formula is C9H10N2. The first-order valence-corrected chi connectivity index (χ1v) is 3.46. The van der Waals surface area contributed by atoms with Gasteiger partial charge in [0.1, 0.15) is 0 Å². The fourth-order valence-electron chi connectivity index (χ4n) is 0.634. The van der Waals surface area contributed by atoms with Crippen molar-refractivity contribution in [3.05, 3.63) is 30.1 Å². The molecule has 2 N–H and O–H groups in total. The number of pyridine rings is 1. The standard InChI is InChI=1S/C9H10N2/c1-8(10)4-5-9-3-2-6-11-7-9/h2-3,6-8H,10H2,1H3. The molecule has 0 aliphatic rings. The highest BCUT2D eigenvalue weighted by Gasteiger charge is 1.83. The maximum absolute atomic E-state index is 5.45. The third-order valence-corrected chi connectivity index (χ3v) is 1.11. The van der Waals surface area contributed by atoms with Crippen molar-refractivity contribution in [3.63, 3.8) is 0 Å². The zero-order valence-corrected chi connectivity index (χ0v) is 6.41. The lowest BCUT2D eigenvalue weighted by molar-refractivity contribution is 0.959. The van der Waals surface area contributed by atoms with Crippen LogP contribution in [-0.4, -0.2) is 11.0 Å². The van der Waals surface area contributed by atoms with E-state index in [0.717, 1.165) is 5.56 Å². The predicted molar refractivity (Wildman–Crippen MR) is 44.8 cm³/mol. The van der Waals surface area contributed by atoms with E-state index in [1.807, 2.05) is 19.1 Å². The summed E-state index contributed by atoms with van der Waals surface area (Å²) < 4.78 is 0. The highest BCUT2D eigenvalue weighted by Crippen LogP contribution is 1.91. The van der Waals surface area contributed by atoms with E-state index in [1.165, 1.54) is 0 Å². The van der Waals surface area contributed by atoms with E-state index in [1.54, 1.807) is 12.4 Å². The first-order valence-electron chi connectivity index (χ1n) is 3.46. The van der Waals surface area contributed by atoms with Crippen LogP contribution in [0.4, 0.5) is 0 Å². The van der Waals surface area contributed by atoms with Gasteiger partial charge in [0.05, 0.1) is 6.04 Å². The molecule has 0 aliphatic heterocycles. The van der Waals surface area contributed by atoms with E-state index < -0.39 is 0 Å². The van der Waals surface area contributed by atoms with E-state index in [0.29, 0.717) is 0 Å². The van der Waals surface area contributed by atoms with Crippen LogP contribution in [0.2, 0.25) is 0 Å². The Hall–Kier alpha value is -1.33. The molecule has 0 fully saturated rings. The Balaban J connectivity index is 2.75. The van der Waals surface area contributed by atoms with E-state index in [-0.39, 0.29) is 6.04 Å². The molecule has 11 heavy (non-hydrogen) atoms. The quantitative estimate of drug-likeness (QED) is 0.549. The molecule has 1 heterocycles. The molecule has 0 saturated carbocycles. The lowest BCUT2D eigenvalue weighted by Crippen LogP contribution is -2.10. The molecule has 1 rings (SSSR count). The number of hydrogen-bond donors (Lipinski definition) is 1. The molecule has 2 heteroatoms. The van der Waals surface area contributed by atoms with Gasteiger partial charge in [-0.15, -0.1) is 0 Å². The number of nitrogens with two attached hydrogens (primary N) is 1. The maximum atomic E-state index is 5.45. The Morgan fingerprint density at radius 2 is 2.45 bits per heavy atom. The summed E-state index contributed by atoms with van der Waals surface area (Å²) in [7, 11) is 0. The molecule has 1 aromatic rings. The van der Waals surface area contributed by atoms with Crippen molar-refractivity contribution in [2.24, 2.45) is 5.73 Å². The van der Waals surface area contributed by atoms with Crippen LogP contribution in [0.15, 0.2) is 24.5 Å². The summed E-state index contributed by atoms with van der Waals surface area (Å²) in [6.45, 7) is 1.85. The molecule has 2 nitrogen and oxygen atoms in total. The van der Waals surface area contributed by atoms with Crippen LogP contribution < -0.4 is 5.73 Å². The highest BCUT2D eigenvalue weighted by atomic mass is 14.6. The summed E-state index contributed by atoms with van der Waals surface area (Å²) >= 11 is 0. The van der Waals surface area contributed by atoms with E-state index >= 15 is 0 Å². The van der Waals surface area contributed by atoms with Gasteiger partial charge in [0.25, 0.3) is 0 Å². The van der Waals surface area contributed by atoms with E-state index in [2.05, 4.69) is 16.8 Å². The van der Waals surface area contributed by atoms with Crippen molar-refractivity contribution in [3.8, 4) is 11.8 Å². The van der Waals surface area contributed by atoms with Gasteiger partial charge in [-0.3, -0.25) is 4.98 Å². The van der Waals surface area contributed by atoms with Gasteiger partial charge in [0, 0.05) is 18.0 Å². The van der Waals surface area contributed by atoms with Crippen molar-refractivity contribution < 1.29 is 0 Å². The second-order valence-electron chi connectivity index (χ2n) is 2.30. The average Bonchev–Trinajstić information content (AvgIpc) is 2.03. The van der Waals surface area contributed by atoms with Crippen LogP contribution in [-0.2, 0) is 0 Å². The van der Waals surface area contributed by atoms with Crippen LogP contribution in [0.3, 0.4) is 0 Å². The van der Waals surface area contributed by atoms with Gasteiger partial charge in [-0.1, -0.05) is 11.8 Å². The summed E-state index contributed by atoms with van der Waals surface area (Å²) in [4.78, 5) is 3.92. The van der Waals surface area contributed by atoms with Crippen LogP contribution in [0.5, 0.6) is 0 Å². The van der Waals surface area contributed by atoms with Gasteiger partial charge in [-0.05, 0) is 19.1 Å². The molecule has 0 radical (unpaired) electrons. The van der Waals surface area contributed by atoms with E-state index in [4.69, 9.17) is 5.73 Å². The van der Waals surface area contributed by atoms with Crippen molar-refractivity contribution >= 4 is 0 Å². The Morgan fingerprint density at radius 3 is 3.00 bits per heavy atom. The third-order valence-electron chi connectivity index (χ3n) is 1.11. The number of aromatic nitrogens is 1. The summed E-state index contributed by atoms with van der Waals surface area (Å²) in [6.07, 6.45) is 3.44. The molecule has 0 saturated heterocycles. The Kier molecular flexibility index (Phi) is 2.65. The number of rotatable bonds is 0. The molecule has 0 bridgehead atoms. The van der Waals surface area contributed by atoms with Crippen LogP contribution >= 0.6 is 0 Å². The zero-order valence-electron chi connectivity index (χ0n) is 6.41. The van der Waals surface area contributed by atoms with Gasteiger partial charge in [-0.25, -0.2) is 0 Å². The molecule has 1 aromatic heterocycles. The molecule has 0 spiro atoms. The van der Waals surface area contributed by atoms with Gasteiger partial charge >= 0.3 is 0 Å². The van der Waals surface area contributed by atoms with Crippen LogP contribution in [0.25, 0.3) is 0 Å². The Morgan fingerprint density at radius 1 is 1.64 bits per heavy atom. The second-order valence-corrected chi connectivity index (χ2v) is 2.30. The fourth-order valence-corrected chi connectivity index (χ4v) is 0.634. The Labute approximate surface area is 66.4 Å². The van der Waals surface area contributed by atoms with Crippen molar-refractivity contribution in [2.75, 3.05) is 0 Å². The Bertz CT molecular complexity index is 267. The van der Waals surface area contributed by atoms with Gasteiger partial charge < -0.3 is 5.73 Å². The fraction of sp³-hybridized carbons (Fsp3) is 0.222. The van der Waals surface area contributed by atoms with E-state index in [9.17, 15) is 0 Å². The zero-order chi connectivity index (χ0) is 8.10.